The number of nitrogens with zero attached hydrogens (tertiary/aromatic N) is 1. The van der Waals surface area contributed by atoms with E-state index < -0.39 is 0 Å². The summed E-state index contributed by atoms with van der Waals surface area (Å²) < 4.78 is 0. The van der Waals surface area contributed by atoms with Crippen LogP contribution < -0.4 is 10.9 Å². The van der Waals surface area contributed by atoms with Gasteiger partial charge in [-0.3, -0.25) is 4.79 Å². The number of halogens is 1. The summed E-state index contributed by atoms with van der Waals surface area (Å²) in [5.74, 6) is 1.02. The summed E-state index contributed by atoms with van der Waals surface area (Å²) in [5, 5.41) is 4.68. The van der Waals surface area contributed by atoms with Crippen LogP contribution in [0.2, 0.25) is 5.02 Å². The van der Waals surface area contributed by atoms with Crippen molar-refractivity contribution in [2.24, 2.45) is 5.92 Å². The minimum absolute atomic E-state index is 0.139. The first-order valence-electron chi connectivity index (χ1n) is 9.98. The molecule has 1 aromatic heterocycles. The Morgan fingerprint density at radius 3 is 2.57 bits per heavy atom. The van der Waals surface area contributed by atoms with Gasteiger partial charge in [0.1, 0.15) is 5.82 Å². The Morgan fingerprint density at radius 2 is 1.89 bits per heavy atom. The van der Waals surface area contributed by atoms with Gasteiger partial charge in [-0.25, -0.2) is 4.98 Å². The van der Waals surface area contributed by atoms with E-state index in [1.54, 1.807) is 18.2 Å². The van der Waals surface area contributed by atoms with E-state index in [1.807, 2.05) is 0 Å². The van der Waals surface area contributed by atoms with Crippen molar-refractivity contribution in [3.8, 4) is 0 Å². The van der Waals surface area contributed by atoms with E-state index in [4.69, 9.17) is 11.6 Å². The van der Waals surface area contributed by atoms with Crippen molar-refractivity contribution in [2.45, 2.75) is 52.6 Å². The zero-order chi connectivity index (χ0) is 20.1. The first-order valence-corrected chi connectivity index (χ1v) is 10.4. The molecule has 1 atom stereocenters. The Kier molecular flexibility index (Phi) is 6.87. The average molecular weight is 398 g/mol. The highest BCUT2D eigenvalue weighted by molar-refractivity contribution is 6.31. The summed E-state index contributed by atoms with van der Waals surface area (Å²) in [7, 11) is 0. The molecule has 28 heavy (non-hydrogen) atoms. The highest BCUT2D eigenvalue weighted by atomic mass is 35.5. The molecule has 2 aromatic carbocycles. The lowest BCUT2D eigenvalue weighted by Gasteiger charge is -2.23. The third kappa shape index (κ3) is 5.00. The molecule has 0 spiro atoms. The molecule has 1 heterocycles. The van der Waals surface area contributed by atoms with Crippen LogP contribution in [0.25, 0.3) is 10.9 Å². The van der Waals surface area contributed by atoms with Gasteiger partial charge < -0.3 is 10.3 Å². The molecule has 0 aliphatic heterocycles. The fourth-order valence-electron chi connectivity index (χ4n) is 3.46. The second-order valence-corrected chi connectivity index (χ2v) is 8.06. The number of fused-ring (bicyclic) bond motifs is 1. The summed E-state index contributed by atoms with van der Waals surface area (Å²) in [6, 6.07) is 14.2. The number of rotatable bonds is 8. The molecule has 0 unspecified atom stereocenters. The minimum Gasteiger partial charge on any atom is -0.309 e. The second-order valence-electron chi connectivity index (χ2n) is 7.62. The van der Waals surface area contributed by atoms with E-state index in [2.05, 4.69) is 60.3 Å². The van der Waals surface area contributed by atoms with Crippen LogP contribution in [0.15, 0.2) is 47.3 Å². The third-order valence-corrected chi connectivity index (χ3v) is 5.27. The van der Waals surface area contributed by atoms with Crippen LogP contribution in [0.3, 0.4) is 0 Å². The lowest BCUT2D eigenvalue weighted by molar-refractivity contribution is 0.406. The molecule has 0 bridgehead atoms. The highest BCUT2D eigenvalue weighted by Crippen LogP contribution is 2.23. The highest BCUT2D eigenvalue weighted by Gasteiger charge is 2.16. The van der Waals surface area contributed by atoms with Crippen molar-refractivity contribution >= 4 is 22.5 Å². The van der Waals surface area contributed by atoms with Crippen LogP contribution in [-0.4, -0.2) is 9.97 Å². The molecule has 0 aliphatic rings. The molecule has 0 saturated carbocycles. The molecule has 4 nitrogen and oxygen atoms in total. The van der Waals surface area contributed by atoms with Gasteiger partial charge in [0.2, 0.25) is 0 Å². The summed E-state index contributed by atoms with van der Waals surface area (Å²) in [4.78, 5) is 19.8. The van der Waals surface area contributed by atoms with E-state index >= 15 is 0 Å². The van der Waals surface area contributed by atoms with Crippen LogP contribution >= 0.6 is 11.6 Å². The average Bonchev–Trinajstić information content (AvgIpc) is 2.67. The van der Waals surface area contributed by atoms with Crippen LogP contribution in [-0.2, 0) is 13.0 Å². The Morgan fingerprint density at radius 1 is 1.14 bits per heavy atom. The van der Waals surface area contributed by atoms with Crippen molar-refractivity contribution in [3.63, 3.8) is 0 Å². The molecular formula is C23H28ClN3O. The molecular weight excluding hydrogens is 370 g/mol. The monoisotopic (exact) mass is 397 g/mol. The lowest BCUT2D eigenvalue weighted by atomic mass is 9.94. The van der Waals surface area contributed by atoms with Gasteiger partial charge in [-0.05, 0) is 48.1 Å². The SMILES string of the molecule is CCCCc1ccc([C@H](NCc2nc3cc(Cl)ccc3c(=O)[nH]2)C(C)C)cc1. The zero-order valence-electron chi connectivity index (χ0n) is 16.8. The Balaban J connectivity index is 1.76. The molecule has 0 aliphatic carbocycles. The van der Waals surface area contributed by atoms with E-state index in [0.717, 1.165) is 6.42 Å². The van der Waals surface area contributed by atoms with Gasteiger partial charge in [-0.2, -0.15) is 0 Å². The number of unbranched alkanes of at least 4 members (excludes halogenated alkanes) is 1. The number of aryl methyl sites for hydroxylation is 1. The number of H-pyrrole nitrogens is 1. The molecule has 0 fully saturated rings. The van der Waals surface area contributed by atoms with Crippen molar-refractivity contribution < 1.29 is 0 Å². The quantitative estimate of drug-likeness (QED) is 0.534. The minimum atomic E-state index is -0.139. The smallest absolute Gasteiger partial charge is 0.258 e. The van der Waals surface area contributed by atoms with E-state index in [-0.39, 0.29) is 11.6 Å². The lowest BCUT2D eigenvalue weighted by Crippen LogP contribution is -2.27. The maximum atomic E-state index is 12.3. The van der Waals surface area contributed by atoms with E-state index in [1.165, 1.54) is 24.0 Å². The summed E-state index contributed by atoms with van der Waals surface area (Å²) in [6.07, 6.45) is 3.55. The van der Waals surface area contributed by atoms with Gasteiger partial charge in [0, 0.05) is 11.1 Å². The van der Waals surface area contributed by atoms with Crippen molar-refractivity contribution in [1.82, 2.24) is 15.3 Å². The predicted molar refractivity (Wildman–Crippen MR) is 117 cm³/mol. The number of hydrogen-bond acceptors (Lipinski definition) is 3. The molecule has 2 N–H and O–H groups in total. The first kappa shape index (κ1) is 20.6. The second kappa shape index (κ2) is 9.35. The molecule has 0 radical (unpaired) electrons. The summed E-state index contributed by atoms with van der Waals surface area (Å²) in [6.45, 7) is 7.09. The van der Waals surface area contributed by atoms with E-state index in [0.29, 0.717) is 34.2 Å². The zero-order valence-corrected chi connectivity index (χ0v) is 17.5. The molecule has 0 amide bonds. The van der Waals surface area contributed by atoms with Gasteiger partial charge in [0.05, 0.1) is 17.4 Å². The summed E-state index contributed by atoms with van der Waals surface area (Å²) >= 11 is 6.05. The predicted octanol–water partition coefficient (Wildman–Crippen LogP) is 5.41. The van der Waals surface area contributed by atoms with Crippen LogP contribution in [0.4, 0.5) is 0 Å². The molecule has 0 saturated heterocycles. The molecule has 3 rings (SSSR count). The molecule has 3 aromatic rings. The largest absolute Gasteiger partial charge is 0.309 e. The fraction of sp³-hybridized carbons (Fsp3) is 0.391. The maximum absolute atomic E-state index is 12.3. The first-order chi connectivity index (χ1) is 13.5. The van der Waals surface area contributed by atoms with Crippen LogP contribution in [0.1, 0.15) is 56.6 Å². The topological polar surface area (TPSA) is 57.8 Å². The summed E-state index contributed by atoms with van der Waals surface area (Å²) in [5.41, 5.74) is 3.11. The van der Waals surface area contributed by atoms with Gasteiger partial charge in [-0.1, -0.05) is 63.1 Å². The van der Waals surface area contributed by atoms with Gasteiger partial charge >= 0.3 is 0 Å². The van der Waals surface area contributed by atoms with Crippen LogP contribution in [0, 0.1) is 5.92 Å². The van der Waals surface area contributed by atoms with Crippen LogP contribution in [0.5, 0.6) is 0 Å². The van der Waals surface area contributed by atoms with Gasteiger partial charge in [-0.15, -0.1) is 0 Å². The molecule has 5 heteroatoms. The van der Waals surface area contributed by atoms with Crippen molar-refractivity contribution in [3.05, 3.63) is 74.8 Å². The van der Waals surface area contributed by atoms with Gasteiger partial charge in [0.25, 0.3) is 5.56 Å². The Bertz CT molecular complexity index is 979. The van der Waals surface area contributed by atoms with E-state index in [9.17, 15) is 4.79 Å². The fourth-order valence-corrected chi connectivity index (χ4v) is 3.63. The van der Waals surface area contributed by atoms with Crippen molar-refractivity contribution in [1.29, 1.82) is 0 Å². The number of aromatic amines is 1. The Hall–Kier alpha value is -2.17. The Labute approximate surface area is 171 Å². The third-order valence-electron chi connectivity index (χ3n) is 5.03. The van der Waals surface area contributed by atoms with Crippen molar-refractivity contribution in [2.75, 3.05) is 0 Å². The normalized spacial score (nSPS) is 12.6. The standard InChI is InChI=1S/C23H28ClN3O/c1-4-5-6-16-7-9-17(10-8-16)22(15(2)3)25-14-21-26-20-13-18(24)11-12-19(20)23(28)27-21/h7-13,15,22,25H,4-6,14H2,1-3H3,(H,26,27,28)/t22-/m1/s1. The van der Waals surface area contributed by atoms with Gasteiger partial charge in [0.15, 0.2) is 0 Å². The maximum Gasteiger partial charge on any atom is 0.258 e. The number of aromatic nitrogens is 2. The molecule has 148 valence electrons. The number of nitrogens with one attached hydrogen (secondary N) is 2. The number of hydrogen-bond donors (Lipinski definition) is 2. The number of benzene rings is 2.